The zero-order valence-electron chi connectivity index (χ0n) is 19.5. The second-order valence-corrected chi connectivity index (χ2v) is 8.68. The first kappa shape index (κ1) is 23.7. The summed E-state index contributed by atoms with van der Waals surface area (Å²) in [5, 5.41) is 7.04. The van der Waals surface area contributed by atoms with Crippen LogP contribution in [0.3, 0.4) is 0 Å². The molecule has 7 nitrogen and oxygen atoms in total. The lowest BCUT2D eigenvalue weighted by Crippen LogP contribution is -2.40. The topological polar surface area (TPSA) is 84.7 Å². The van der Waals surface area contributed by atoms with Crippen LogP contribution in [0.4, 0.5) is 0 Å². The van der Waals surface area contributed by atoms with E-state index < -0.39 is 0 Å². The zero-order valence-corrected chi connectivity index (χ0v) is 19.5. The van der Waals surface area contributed by atoms with Crippen molar-refractivity contribution >= 4 is 11.8 Å². The molecule has 1 N–H and O–H groups in total. The molecule has 0 saturated carbocycles. The molecule has 178 valence electrons. The van der Waals surface area contributed by atoms with Gasteiger partial charge in [0.25, 0.3) is 5.91 Å². The third kappa shape index (κ3) is 6.54. The first-order valence-corrected chi connectivity index (χ1v) is 11.8. The third-order valence-electron chi connectivity index (χ3n) is 6.01. The molecule has 2 atom stereocenters. The van der Waals surface area contributed by atoms with E-state index in [0.29, 0.717) is 25.3 Å². The minimum absolute atomic E-state index is 0.0184. The summed E-state index contributed by atoms with van der Waals surface area (Å²) >= 11 is 0. The maximum atomic E-state index is 13.1. The highest BCUT2D eigenvalue weighted by Gasteiger charge is 2.26. The highest BCUT2D eigenvalue weighted by atomic mass is 16.5. The van der Waals surface area contributed by atoms with Crippen LogP contribution in [0.25, 0.3) is 0 Å². The Hall–Kier alpha value is -3.45. The van der Waals surface area contributed by atoms with E-state index in [0.717, 1.165) is 24.0 Å². The van der Waals surface area contributed by atoms with E-state index in [9.17, 15) is 9.59 Å². The van der Waals surface area contributed by atoms with E-state index >= 15 is 0 Å². The molecule has 2 amide bonds. The van der Waals surface area contributed by atoms with Crippen molar-refractivity contribution in [2.24, 2.45) is 0 Å². The highest BCUT2D eigenvalue weighted by molar-refractivity contribution is 5.92. The minimum atomic E-state index is -0.246. The van der Waals surface area contributed by atoms with Gasteiger partial charge in [0.2, 0.25) is 5.91 Å². The molecule has 0 spiro atoms. The number of hydrogen-bond acceptors (Lipinski definition) is 5. The van der Waals surface area contributed by atoms with Crippen LogP contribution in [0.5, 0.6) is 0 Å². The quantitative estimate of drug-likeness (QED) is 0.492. The predicted molar refractivity (Wildman–Crippen MR) is 128 cm³/mol. The summed E-state index contributed by atoms with van der Waals surface area (Å²) < 4.78 is 10.8. The number of hydrogen-bond donors (Lipinski definition) is 1. The van der Waals surface area contributed by atoms with Gasteiger partial charge in [-0.1, -0.05) is 65.8 Å². The fraction of sp³-hybridized carbons (Fsp3) is 0.370. The molecule has 2 aromatic carbocycles. The van der Waals surface area contributed by atoms with Gasteiger partial charge in [-0.05, 0) is 37.3 Å². The second kappa shape index (κ2) is 11.6. The molecule has 0 bridgehead atoms. The minimum Gasteiger partial charge on any atom is -0.376 e. The van der Waals surface area contributed by atoms with Gasteiger partial charge in [0, 0.05) is 32.2 Å². The maximum Gasteiger partial charge on any atom is 0.276 e. The Bertz CT molecular complexity index is 1060. The molecule has 3 aromatic rings. The number of carbonyl (C=O) groups excluding carboxylic acids is 2. The summed E-state index contributed by atoms with van der Waals surface area (Å²) in [6.07, 6.45) is 2.74. The van der Waals surface area contributed by atoms with Crippen molar-refractivity contribution in [2.75, 3.05) is 19.7 Å². The lowest BCUT2D eigenvalue weighted by atomic mass is 9.98. The number of aryl methyl sites for hydroxylation is 1. The molecule has 0 radical (unpaired) electrons. The third-order valence-corrected chi connectivity index (χ3v) is 6.01. The van der Waals surface area contributed by atoms with Gasteiger partial charge in [0.05, 0.1) is 12.1 Å². The molecule has 1 fully saturated rings. The highest BCUT2D eigenvalue weighted by Crippen LogP contribution is 2.19. The number of rotatable bonds is 10. The van der Waals surface area contributed by atoms with E-state index in [1.807, 2.05) is 48.5 Å². The summed E-state index contributed by atoms with van der Waals surface area (Å²) in [7, 11) is 0. The lowest BCUT2D eigenvalue weighted by molar-refractivity contribution is -0.122. The second-order valence-electron chi connectivity index (χ2n) is 8.68. The number of benzene rings is 2. The number of aromatic nitrogens is 1. The fourth-order valence-electron chi connectivity index (χ4n) is 4.23. The Labute approximate surface area is 200 Å². The smallest absolute Gasteiger partial charge is 0.276 e. The fourth-order valence-corrected chi connectivity index (χ4v) is 4.23. The standard InChI is InChI=1S/C27H31N3O4/c1-20-17-25(29-34-20)27(32)30(19-23-13-8-16-33-23)15-14-26(31)28-24(22-11-6-3-7-12-22)18-21-9-4-2-5-10-21/h2-7,9-12,17,23-24H,8,13-16,18-19H2,1H3,(H,28,31)/t23-,24-/m1/s1. The largest absolute Gasteiger partial charge is 0.376 e. The molecular formula is C27H31N3O4. The van der Waals surface area contributed by atoms with Crippen LogP contribution in [0.1, 0.15) is 52.7 Å². The number of nitrogens with zero attached hydrogens (tertiary/aromatic N) is 2. The van der Waals surface area contributed by atoms with Crippen LogP contribution in [0.2, 0.25) is 0 Å². The number of carbonyl (C=O) groups is 2. The summed E-state index contributed by atoms with van der Waals surface area (Å²) in [4.78, 5) is 27.7. The summed E-state index contributed by atoms with van der Waals surface area (Å²) in [6.45, 7) is 3.17. The summed E-state index contributed by atoms with van der Waals surface area (Å²) in [5.74, 6) is 0.222. The van der Waals surface area contributed by atoms with Crippen LogP contribution in [0, 0.1) is 6.92 Å². The van der Waals surface area contributed by atoms with Gasteiger partial charge >= 0.3 is 0 Å². The van der Waals surface area contributed by atoms with E-state index in [1.165, 1.54) is 0 Å². The van der Waals surface area contributed by atoms with Gasteiger partial charge in [-0.2, -0.15) is 0 Å². The molecule has 1 saturated heterocycles. The lowest BCUT2D eigenvalue weighted by Gasteiger charge is -2.25. The van der Waals surface area contributed by atoms with Gasteiger partial charge in [-0.3, -0.25) is 9.59 Å². The van der Waals surface area contributed by atoms with Gasteiger partial charge in [-0.15, -0.1) is 0 Å². The molecule has 0 aliphatic carbocycles. The van der Waals surface area contributed by atoms with Crippen molar-refractivity contribution in [3.8, 4) is 0 Å². The molecule has 7 heteroatoms. The predicted octanol–water partition coefficient (Wildman–Crippen LogP) is 4.09. The number of amides is 2. The van der Waals surface area contributed by atoms with Crippen LogP contribution >= 0.6 is 0 Å². The molecule has 2 heterocycles. The van der Waals surface area contributed by atoms with E-state index in [1.54, 1.807) is 17.9 Å². The first-order valence-electron chi connectivity index (χ1n) is 11.8. The van der Waals surface area contributed by atoms with Crippen molar-refractivity contribution in [2.45, 2.75) is 44.8 Å². The van der Waals surface area contributed by atoms with E-state index in [2.05, 4.69) is 22.6 Å². The molecule has 1 aromatic heterocycles. The van der Waals surface area contributed by atoms with Gasteiger partial charge in [0.15, 0.2) is 5.69 Å². The van der Waals surface area contributed by atoms with Crippen LogP contribution in [-0.2, 0) is 16.0 Å². The monoisotopic (exact) mass is 461 g/mol. The van der Waals surface area contributed by atoms with Crippen molar-refractivity contribution in [1.29, 1.82) is 0 Å². The first-order chi connectivity index (χ1) is 16.6. The van der Waals surface area contributed by atoms with E-state index in [4.69, 9.17) is 9.26 Å². The Balaban J connectivity index is 1.42. The summed E-state index contributed by atoms with van der Waals surface area (Å²) in [6, 6.07) is 21.5. The Morgan fingerprint density at radius 1 is 1.12 bits per heavy atom. The molecule has 34 heavy (non-hydrogen) atoms. The van der Waals surface area contributed by atoms with Crippen LogP contribution < -0.4 is 5.32 Å². The maximum absolute atomic E-state index is 13.1. The molecule has 1 aliphatic heterocycles. The Morgan fingerprint density at radius 2 is 1.85 bits per heavy atom. The van der Waals surface area contributed by atoms with Gasteiger partial charge in [-0.25, -0.2) is 0 Å². The number of ether oxygens (including phenoxy) is 1. The summed E-state index contributed by atoms with van der Waals surface area (Å²) in [5.41, 5.74) is 2.44. The molecule has 1 aliphatic rings. The normalized spacial score (nSPS) is 16.2. The molecule has 4 rings (SSSR count). The van der Waals surface area contributed by atoms with Crippen molar-refractivity contribution in [1.82, 2.24) is 15.4 Å². The van der Waals surface area contributed by atoms with Crippen LogP contribution in [-0.4, -0.2) is 47.7 Å². The molecular weight excluding hydrogens is 430 g/mol. The van der Waals surface area contributed by atoms with Crippen molar-refractivity contribution in [3.63, 3.8) is 0 Å². The molecule has 0 unspecified atom stereocenters. The van der Waals surface area contributed by atoms with Crippen LogP contribution in [0.15, 0.2) is 71.3 Å². The van der Waals surface area contributed by atoms with Crippen molar-refractivity contribution in [3.05, 3.63) is 89.3 Å². The van der Waals surface area contributed by atoms with Gasteiger partial charge < -0.3 is 19.5 Å². The van der Waals surface area contributed by atoms with E-state index in [-0.39, 0.29) is 42.6 Å². The average Bonchev–Trinajstić information content (AvgIpc) is 3.54. The zero-order chi connectivity index (χ0) is 23.8. The van der Waals surface area contributed by atoms with Crippen molar-refractivity contribution < 1.29 is 18.8 Å². The average molecular weight is 462 g/mol. The van der Waals surface area contributed by atoms with Gasteiger partial charge in [0.1, 0.15) is 5.76 Å². The number of nitrogens with one attached hydrogen (secondary N) is 1. The SMILES string of the molecule is Cc1cc(C(=O)N(CCC(=O)N[C@H](Cc2ccccc2)c2ccccc2)C[C@H]2CCCO2)no1. The Kier molecular flexibility index (Phi) is 8.09. The Morgan fingerprint density at radius 3 is 2.50 bits per heavy atom.